The zero-order chi connectivity index (χ0) is 12.0. The zero-order valence-corrected chi connectivity index (χ0v) is 10.9. The lowest BCUT2D eigenvalue weighted by molar-refractivity contribution is 0.106. The Morgan fingerprint density at radius 1 is 1.29 bits per heavy atom. The van der Waals surface area contributed by atoms with E-state index < -0.39 is 0 Å². The fourth-order valence-electron chi connectivity index (χ4n) is 3.60. The van der Waals surface area contributed by atoms with Gasteiger partial charge in [-0.05, 0) is 68.4 Å². The largest absolute Gasteiger partial charge is 0.323 e. The number of nitrogens with zero attached hydrogens (tertiary/aromatic N) is 1. The van der Waals surface area contributed by atoms with E-state index in [-0.39, 0.29) is 6.04 Å². The molecule has 17 heavy (non-hydrogen) atoms. The van der Waals surface area contributed by atoms with Gasteiger partial charge in [-0.15, -0.1) is 0 Å². The maximum Gasteiger partial charge on any atom is 0.0359 e. The number of hydrogen-bond acceptors (Lipinski definition) is 2. The number of nitrogens with two attached hydrogens (primary N) is 1. The molecule has 2 N–H and O–H groups in total. The summed E-state index contributed by atoms with van der Waals surface area (Å²) < 4.78 is 0. The van der Waals surface area contributed by atoms with Crippen molar-refractivity contribution in [1.29, 1.82) is 0 Å². The molecule has 1 heterocycles. The van der Waals surface area contributed by atoms with E-state index in [0.29, 0.717) is 5.41 Å². The Labute approximate surface area is 104 Å². The first-order valence-corrected chi connectivity index (χ1v) is 6.65. The highest BCUT2D eigenvalue weighted by Gasteiger charge is 2.45. The average Bonchev–Trinajstić information content (AvgIpc) is 2.60. The molecule has 1 aliphatic heterocycles. The van der Waals surface area contributed by atoms with Crippen LogP contribution in [0.2, 0.25) is 0 Å². The summed E-state index contributed by atoms with van der Waals surface area (Å²) in [5.41, 5.74) is 11.3. The summed E-state index contributed by atoms with van der Waals surface area (Å²) in [5, 5.41) is 0. The van der Waals surface area contributed by atoms with Gasteiger partial charge in [0.15, 0.2) is 0 Å². The van der Waals surface area contributed by atoms with Crippen LogP contribution in [-0.4, -0.2) is 25.0 Å². The second-order valence-electron chi connectivity index (χ2n) is 5.96. The third-order valence-corrected chi connectivity index (χ3v) is 4.95. The normalized spacial score (nSPS) is 27.4. The van der Waals surface area contributed by atoms with Crippen molar-refractivity contribution in [3.05, 3.63) is 34.9 Å². The van der Waals surface area contributed by atoms with E-state index >= 15 is 0 Å². The molecule has 0 aromatic heterocycles. The van der Waals surface area contributed by atoms with E-state index in [1.807, 2.05) is 0 Å². The topological polar surface area (TPSA) is 29.3 Å². The SMILES string of the molecule is Cc1cccc2c1CC1(CCN(C)CC1)[C@@H]2N. The lowest BCUT2D eigenvalue weighted by Gasteiger charge is -2.41. The van der Waals surface area contributed by atoms with Crippen molar-refractivity contribution >= 4 is 0 Å². The first-order valence-electron chi connectivity index (χ1n) is 6.65. The third kappa shape index (κ3) is 1.62. The van der Waals surface area contributed by atoms with E-state index in [2.05, 4.69) is 37.1 Å². The van der Waals surface area contributed by atoms with E-state index in [0.717, 1.165) is 0 Å². The summed E-state index contributed by atoms with van der Waals surface area (Å²) in [6, 6.07) is 6.87. The number of rotatable bonds is 0. The molecule has 1 aliphatic carbocycles. The lowest BCUT2D eigenvalue weighted by atomic mass is 9.73. The van der Waals surface area contributed by atoms with Gasteiger partial charge in [0, 0.05) is 6.04 Å². The van der Waals surface area contributed by atoms with Crippen LogP contribution in [0.1, 0.15) is 35.6 Å². The van der Waals surface area contributed by atoms with Crippen LogP contribution in [0.25, 0.3) is 0 Å². The van der Waals surface area contributed by atoms with Crippen molar-refractivity contribution in [2.45, 2.75) is 32.2 Å². The lowest BCUT2D eigenvalue weighted by Crippen LogP contribution is -2.42. The highest BCUT2D eigenvalue weighted by molar-refractivity contribution is 5.43. The van der Waals surface area contributed by atoms with Crippen LogP contribution in [0.3, 0.4) is 0 Å². The van der Waals surface area contributed by atoms with Crippen LogP contribution in [0.5, 0.6) is 0 Å². The summed E-state index contributed by atoms with van der Waals surface area (Å²) >= 11 is 0. The fourth-order valence-corrected chi connectivity index (χ4v) is 3.60. The summed E-state index contributed by atoms with van der Waals surface area (Å²) in [6.07, 6.45) is 3.70. The van der Waals surface area contributed by atoms with E-state index in [1.165, 1.54) is 49.0 Å². The standard InChI is InChI=1S/C15H22N2/c1-11-4-3-5-12-13(11)10-15(14(12)16)6-8-17(2)9-7-15/h3-5,14H,6-10,16H2,1-2H3/t14-/m1/s1. The molecule has 1 spiro atoms. The Morgan fingerprint density at radius 2 is 2.00 bits per heavy atom. The molecule has 0 radical (unpaired) electrons. The van der Waals surface area contributed by atoms with Crippen molar-refractivity contribution < 1.29 is 0 Å². The van der Waals surface area contributed by atoms with Gasteiger partial charge >= 0.3 is 0 Å². The first-order chi connectivity index (χ1) is 8.12. The predicted octanol–water partition coefficient (Wildman–Crippen LogP) is 2.26. The van der Waals surface area contributed by atoms with Crippen LogP contribution in [0.4, 0.5) is 0 Å². The molecular weight excluding hydrogens is 208 g/mol. The van der Waals surface area contributed by atoms with Gasteiger partial charge < -0.3 is 10.6 Å². The quantitative estimate of drug-likeness (QED) is 0.741. The summed E-state index contributed by atoms with van der Waals surface area (Å²) in [4.78, 5) is 2.42. The van der Waals surface area contributed by atoms with Gasteiger partial charge in [-0.25, -0.2) is 0 Å². The monoisotopic (exact) mass is 230 g/mol. The molecule has 2 heteroatoms. The minimum atomic E-state index is 0.256. The van der Waals surface area contributed by atoms with E-state index in [9.17, 15) is 0 Å². The van der Waals surface area contributed by atoms with E-state index in [4.69, 9.17) is 5.73 Å². The van der Waals surface area contributed by atoms with Crippen LogP contribution in [-0.2, 0) is 6.42 Å². The van der Waals surface area contributed by atoms with Crippen LogP contribution in [0.15, 0.2) is 18.2 Å². The van der Waals surface area contributed by atoms with Crippen molar-refractivity contribution in [3.63, 3.8) is 0 Å². The Kier molecular flexibility index (Phi) is 2.53. The van der Waals surface area contributed by atoms with Crippen molar-refractivity contribution in [3.8, 4) is 0 Å². The van der Waals surface area contributed by atoms with Crippen molar-refractivity contribution in [1.82, 2.24) is 4.90 Å². The van der Waals surface area contributed by atoms with Crippen LogP contribution in [0, 0.1) is 12.3 Å². The second-order valence-corrected chi connectivity index (χ2v) is 5.96. The Balaban J connectivity index is 1.96. The number of piperidine rings is 1. The molecular formula is C15H22N2. The molecule has 92 valence electrons. The molecule has 1 saturated heterocycles. The summed E-state index contributed by atoms with van der Waals surface area (Å²) in [5.74, 6) is 0. The third-order valence-electron chi connectivity index (χ3n) is 4.95. The van der Waals surface area contributed by atoms with Gasteiger partial charge in [-0.2, -0.15) is 0 Å². The molecule has 0 unspecified atom stereocenters. The molecule has 0 amide bonds. The fraction of sp³-hybridized carbons (Fsp3) is 0.600. The molecule has 0 saturated carbocycles. The molecule has 1 atom stereocenters. The predicted molar refractivity (Wildman–Crippen MR) is 71.0 cm³/mol. The smallest absolute Gasteiger partial charge is 0.0359 e. The Morgan fingerprint density at radius 3 is 2.65 bits per heavy atom. The Bertz CT molecular complexity index is 431. The number of benzene rings is 1. The first kappa shape index (κ1) is 11.2. The minimum absolute atomic E-state index is 0.256. The molecule has 1 aromatic rings. The molecule has 1 aromatic carbocycles. The van der Waals surface area contributed by atoms with Gasteiger partial charge in [0.1, 0.15) is 0 Å². The summed E-state index contributed by atoms with van der Waals surface area (Å²) in [6.45, 7) is 4.61. The molecule has 1 fully saturated rings. The molecule has 2 aliphatic rings. The van der Waals surface area contributed by atoms with Crippen molar-refractivity contribution in [2.24, 2.45) is 11.1 Å². The highest BCUT2D eigenvalue weighted by Crippen LogP contribution is 2.51. The average molecular weight is 230 g/mol. The summed E-state index contributed by atoms with van der Waals surface area (Å²) in [7, 11) is 2.21. The number of hydrogen-bond donors (Lipinski definition) is 1. The number of likely N-dealkylation sites (tertiary alicyclic amines) is 1. The van der Waals surface area contributed by atoms with Gasteiger partial charge in [-0.1, -0.05) is 18.2 Å². The second kappa shape index (κ2) is 3.82. The number of aryl methyl sites for hydroxylation is 1. The van der Waals surface area contributed by atoms with E-state index in [1.54, 1.807) is 0 Å². The minimum Gasteiger partial charge on any atom is -0.323 e. The molecule has 3 rings (SSSR count). The van der Waals surface area contributed by atoms with Gasteiger partial charge in [0.2, 0.25) is 0 Å². The van der Waals surface area contributed by atoms with Crippen LogP contribution < -0.4 is 5.73 Å². The maximum absolute atomic E-state index is 6.55. The highest BCUT2D eigenvalue weighted by atomic mass is 15.1. The van der Waals surface area contributed by atoms with Crippen LogP contribution >= 0.6 is 0 Å². The Hall–Kier alpha value is -0.860. The number of fused-ring (bicyclic) bond motifs is 1. The molecule has 0 bridgehead atoms. The van der Waals surface area contributed by atoms with Crippen molar-refractivity contribution in [2.75, 3.05) is 20.1 Å². The van der Waals surface area contributed by atoms with Gasteiger partial charge in [0.25, 0.3) is 0 Å². The maximum atomic E-state index is 6.55. The molecule has 2 nitrogen and oxygen atoms in total. The van der Waals surface area contributed by atoms with Gasteiger partial charge in [0.05, 0.1) is 0 Å². The zero-order valence-electron chi connectivity index (χ0n) is 10.9. The van der Waals surface area contributed by atoms with Gasteiger partial charge in [-0.3, -0.25) is 0 Å².